The van der Waals surface area contributed by atoms with E-state index in [1.807, 2.05) is 6.92 Å². The van der Waals surface area contributed by atoms with Crippen molar-refractivity contribution in [3.8, 4) is 0 Å². The van der Waals surface area contributed by atoms with Gasteiger partial charge in [-0.1, -0.05) is 0 Å². The zero-order chi connectivity index (χ0) is 16.1. The molecule has 1 aromatic heterocycles. The minimum Gasteiger partial charge on any atom is -0.393 e. The van der Waals surface area contributed by atoms with E-state index in [9.17, 15) is 14.3 Å². The molecule has 1 fully saturated rings. The number of aliphatic hydroxyl groups is 1. The van der Waals surface area contributed by atoms with Crippen LogP contribution in [-0.2, 0) is 10.2 Å². The molecule has 22 heavy (non-hydrogen) atoms. The SMILES string of the molecule is CNC(=O)C1(c2c(C)cnc3cc(F)c(Br)cc23)CC(O)C1. The van der Waals surface area contributed by atoms with Crippen molar-refractivity contribution in [3.05, 3.63) is 39.7 Å². The number of pyridine rings is 1. The fourth-order valence-corrected chi connectivity index (χ4v) is 3.75. The maximum atomic E-state index is 13.8. The average molecular weight is 367 g/mol. The van der Waals surface area contributed by atoms with Gasteiger partial charge in [0.1, 0.15) is 5.82 Å². The molecular formula is C16H16BrFN2O2. The third kappa shape index (κ3) is 2.13. The fourth-order valence-electron chi connectivity index (χ4n) is 3.41. The second kappa shape index (κ2) is 5.28. The molecule has 2 aromatic rings. The lowest BCUT2D eigenvalue weighted by Crippen LogP contribution is -2.55. The number of carbonyl (C=O) groups is 1. The molecule has 3 rings (SSSR count). The summed E-state index contributed by atoms with van der Waals surface area (Å²) >= 11 is 3.19. The summed E-state index contributed by atoms with van der Waals surface area (Å²) in [6, 6.07) is 3.02. The van der Waals surface area contributed by atoms with Crippen LogP contribution in [0.3, 0.4) is 0 Å². The second-order valence-electron chi connectivity index (χ2n) is 5.82. The maximum absolute atomic E-state index is 13.8. The minimum absolute atomic E-state index is 0.131. The Kier molecular flexibility index (Phi) is 3.69. The molecular weight excluding hydrogens is 351 g/mol. The molecule has 0 aliphatic heterocycles. The Morgan fingerprint density at radius 1 is 1.50 bits per heavy atom. The zero-order valence-electron chi connectivity index (χ0n) is 12.3. The van der Waals surface area contributed by atoms with E-state index >= 15 is 0 Å². The Morgan fingerprint density at radius 2 is 2.18 bits per heavy atom. The Hall–Kier alpha value is -1.53. The van der Waals surface area contributed by atoms with Gasteiger partial charge in [0, 0.05) is 24.7 Å². The highest BCUT2D eigenvalue weighted by atomic mass is 79.9. The lowest BCUT2D eigenvalue weighted by molar-refractivity contribution is -0.134. The summed E-state index contributed by atoms with van der Waals surface area (Å²) in [6.07, 6.45) is 1.88. The van der Waals surface area contributed by atoms with Crippen molar-refractivity contribution in [2.45, 2.75) is 31.3 Å². The average Bonchev–Trinajstić information content (AvgIpc) is 2.45. The van der Waals surface area contributed by atoms with Gasteiger partial charge >= 0.3 is 0 Å². The van der Waals surface area contributed by atoms with Crippen LogP contribution in [0.2, 0.25) is 0 Å². The van der Waals surface area contributed by atoms with Crippen LogP contribution >= 0.6 is 15.9 Å². The lowest BCUT2D eigenvalue weighted by Gasteiger charge is -2.45. The van der Waals surface area contributed by atoms with Crippen LogP contribution in [0.4, 0.5) is 4.39 Å². The monoisotopic (exact) mass is 366 g/mol. The number of likely N-dealkylation sites (N-methyl/N-ethyl adjacent to an activating group) is 1. The first-order chi connectivity index (χ1) is 10.4. The molecule has 1 aliphatic rings. The largest absolute Gasteiger partial charge is 0.393 e. The van der Waals surface area contributed by atoms with Gasteiger partial charge in [0.05, 0.1) is 21.5 Å². The Morgan fingerprint density at radius 3 is 2.77 bits per heavy atom. The highest BCUT2D eigenvalue weighted by Crippen LogP contribution is 2.48. The van der Waals surface area contributed by atoms with E-state index in [1.54, 1.807) is 19.3 Å². The highest BCUT2D eigenvalue weighted by molar-refractivity contribution is 9.10. The van der Waals surface area contributed by atoms with Crippen molar-refractivity contribution in [1.29, 1.82) is 0 Å². The Balaban J connectivity index is 2.31. The first-order valence-corrected chi connectivity index (χ1v) is 7.83. The molecule has 2 N–H and O–H groups in total. The second-order valence-corrected chi connectivity index (χ2v) is 6.68. The summed E-state index contributed by atoms with van der Waals surface area (Å²) in [7, 11) is 1.59. The number of nitrogens with zero attached hydrogens (tertiary/aromatic N) is 1. The standard InChI is InChI=1S/C16H16BrFN2O2/c1-8-7-20-13-4-12(18)11(17)3-10(13)14(8)16(15(22)19-2)5-9(21)6-16/h3-4,7,9,21H,5-6H2,1-2H3,(H,19,22). The maximum Gasteiger partial charge on any atom is 0.230 e. The van der Waals surface area contributed by atoms with Gasteiger partial charge in [-0.25, -0.2) is 4.39 Å². The van der Waals surface area contributed by atoms with Crippen molar-refractivity contribution < 1.29 is 14.3 Å². The summed E-state index contributed by atoms with van der Waals surface area (Å²) in [4.78, 5) is 16.7. The number of benzene rings is 1. The predicted octanol–water partition coefficient (Wildman–Crippen LogP) is 2.58. The molecule has 0 radical (unpaired) electrons. The van der Waals surface area contributed by atoms with Gasteiger partial charge in [-0.3, -0.25) is 9.78 Å². The molecule has 4 nitrogen and oxygen atoms in total. The third-order valence-electron chi connectivity index (χ3n) is 4.41. The molecule has 1 amide bonds. The molecule has 0 saturated heterocycles. The van der Waals surface area contributed by atoms with Crippen molar-refractivity contribution in [2.24, 2.45) is 0 Å². The fraction of sp³-hybridized carbons (Fsp3) is 0.375. The lowest BCUT2D eigenvalue weighted by atomic mass is 9.60. The Labute approximate surface area is 135 Å². The van der Waals surface area contributed by atoms with Gasteiger partial charge < -0.3 is 10.4 Å². The van der Waals surface area contributed by atoms with Crippen LogP contribution < -0.4 is 5.32 Å². The number of nitrogens with one attached hydrogen (secondary N) is 1. The number of halogens is 2. The Bertz CT molecular complexity index is 772. The number of carbonyl (C=O) groups excluding carboxylic acids is 1. The molecule has 6 heteroatoms. The first kappa shape index (κ1) is 15.4. The molecule has 0 unspecified atom stereocenters. The first-order valence-electron chi connectivity index (χ1n) is 7.04. The van der Waals surface area contributed by atoms with Gasteiger partial charge in [-0.05, 0) is 52.9 Å². The topological polar surface area (TPSA) is 62.2 Å². The normalized spacial score (nSPS) is 24.1. The van der Waals surface area contributed by atoms with Crippen molar-refractivity contribution in [1.82, 2.24) is 10.3 Å². The van der Waals surface area contributed by atoms with E-state index in [1.165, 1.54) is 6.07 Å². The number of aryl methyl sites for hydroxylation is 1. The van der Waals surface area contributed by atoms with E-state index in [4.69, 9.17) is 0 Å². The van der Waals surface area contributed by atoms with Crippen molar-refractivity contribution >= 4 is 32.7 Å². The highest BCUT2D eigenvalue weighted by Gasteiger charge is 2.52. The summed E-state index contributed by atoms with van der Waals surface area (Å²) in [5.74, 6) is -0.522. The van der Waals surface area contributed by atoms with Crippen molar-refractivity contribution in [3.63, 3.8) is 0 Å². The number of aromatic nitrogens is 1. The van der Waals surface area contributed by atoms with Crippen LogP contribution in [0.5, 0.6) is 0 Å². The molecule has 1 aliphatic carbocycles. The number of amides is 1. The van der Waals surface area contributed by atoms with E-state index in [0.717, 1.165) is 16.5 Å². The summed E-state index contributed by atoms with van der Waals surface area (Å²) in [5, 5.41) is 13.2. The number of rotatable bonds is 2. The van der Waals surface area contributed by atoms with Gasteiger partial charge in [0.25, 0.3) is 0 Å². The van der Waals surface area contributed by atoms with Gasteiger partial charge in [-0.15, -0.1) is 0 Å². The molecule has 0 spiro atoms. The molecule has 0 bridgehead atoms. The van der Waals surface area contributed by atoms with Gasteiger partial charge in [0.15, 0.2) is 0 Å². The van der Waals surface area contributed by atoms with Gasteiger partial charge in [-0.2, -0.15) is 0 Å². The molecule has 1 aromatic carbocycles. The summed E-state index contributed by atoms with van der Waals surface area (Å²) in [6.45, 7) is 1.88. The van der Waals surface area contributed by atoms with Gasteiger partial charge in [0.2, 0.25) is 5.91 Å². The summed E-state index contributed by atoms with van der Waals surface area (Å²) < 4.78 is 14.1. The van der Waals surface area contributed by atoms with Crippen LogP contribution in [0.25, 0.3) is 10.9 Å². The van der Waals surface area contributed by atoms with Crippen LogP contribution in [0.1, 0.15) is 24.0 Å². The molecule has 1 heterocycles. The molecule has 1 saturated carbocycles. The number of aliphatic hydroxyl groups excluding tert-OH is 1. The third-order valence-corrected chi connectivity index (χ3v) is 5.02. The minimum atomic E-state index is -0.781. The number of hydrogen-bond acceptors (Lipinski definition) is 3. The van der Waals surface area contributed by atoms with Crippen LogP contribution in [0.15, 0.2) is 22.8 Å². The van der Waals surface area contributed by atoms with Crippen LogP contribution in [-0.4, -0.2) is 29.1 Å². The van der Waals surface area contributed by atoms with E-state index in [-0.39, 0.29) is 5.91 Å². The van der Waals surface area contributed by atoms with E-state index < -0.39 is 17.3 Å². The number of hydrogen-bond donors (Lipinski definition) is 2. The van der Waals surface area contributed by atoms with E-state index in [0.29, 0.717) is 22.8 Å². The van der Waals surface area contributed by atoms with Crippen LogP contribution in [0, 0.1) is 12.7 Å². The molecule has 116 valence electrons. The van der Waals surface area contributed by atoms with E-state index in [2.05, 4.69) is 26.2 Å². The van der Waals surface area contributed by atoms with Crippen molar-refractivity contribution in [2.75, 3.05) is 7.05 Å². The smallest absolute Gasteiger partial charge is 0.230 e. The summed E-state index contributed by atoms with van der Waals surface area (Å²) in [5.41, 5.74) is 1.41. The molecule has 0 atom stereocenters. The number of fused-ring (bicyclic) bond motifs is 1. The predicted molar refractivity (Wildman–Crippen MR) is 85.1 cm³/mol. The quantitative estimate of drug-likeness (QED) is 0.858. The zero-order valence-corrected chi connectivity index (χ0v) is 13.9.